The number of carboxylic acid groups (broad SMARTS) is 1. The summed E-state index contributed by atoms with van der Waals surface area (Å²) in [7, 11) is 0. The van der Waals surface area contributed by atoms with Gasteiger partial charge in [-0.25, -0.2) is 4.79 Å². The van der Waals surface area contributed by atoms with E-state index in [4.69, 9.17) is 5.11 Å². The fourth-order valence-electron chi connectivity index (χ4n) is 2.15. The number of aromatic hydroxyl groups is 1. The molecular formula is C12H15NO3. The van der Waals surface area contributed by atoms with Crippen molar-refractivity contribution in [2.75, 3.05) is 13.1 Å². The van der Waals surface area contributed by atoms with Crippen LogP contribution >= 0.6 is 0 Å². The summed E-state index contributed by atoms with van der Waals surface area (Å²) in [4.78, 5) is 12.2. The number of phenols is 1. The summed E-state index contributed by atoms with van der Waals surface area (Å²) in [6, 6.07) is 7.19. The molecule has 0 saturated carbocycles. The fourth-order valence-corrected chi connectivity index (χ4v) is 2.15. The molecule has 1 fully saturated rings. The highest BCUT2D eigenvalue weighted by Crippen LogP contribution is 2.28. The minimum absolute atomic E-state index is 0.270. The number of likely N-dealkylation sites (tertiary alicyclic amines) is 1. The molecule has 1 aliphatic rings. The summed E-state index contributed by atoms with van der Waals surface area (Å²) < 4.78 is 0. The number of hydrogen-bond acceptors (Lipinski definition) is 2. The smallest absolute Gasteiger partial charge is 0.407 e. The number of phenolic OH excluding ortho intramolecular Hbond substituents is 1. The normalized spacial score (nSPS) is 17.4. The van der Waals surface area contributed by atoms with E-state index in [0.29, 0.717) is 19.0 Å². The molecule has 4 heteroatoms. The van der Waals surface area contributed by atoms with Crippen molar-refractivity contribution < 1.29 is 15.0 Å². The van der Waals surface area contributed by atoms with Gasteiger partial charge in [0.1, 0.15) is 5.75 Å². The molecule has 1 amide bonds. The minimum atomic E-state index is -0.829. The monoisotopic (exact) mass is 221 g/mol. The van der Waals surface area contributed by atoms with Crippen LogP contribution in [0.5, 0.6) is 5.75 Å². The average Bonchev–Trinajstić information content (AvgIpc) is 2.30. The maximum Gasteiger partial charge on any atom is 0.407 e. The number of benzene rings is 1. The Hall–Kier alpha value is -1.71. The highest BCUT2D eigenvalue weighted by molar-refractivity contribution is 5.65. The van der Waals surface area contributed by atoms with Crippen molar-refractivity contribution in [3.63, 3.8) is 0 Å². The van der Waals surface area contributed by atoms with Crippen molar-refractivity contribution in [1.29, 1.82) is 0 Å². The van der Waals surface area contributed by atoms with Gasteiger partial charge in [-0.15, -0.1) is 0 Å². The van der Waals surface area contributed by atoms with Crippen molar-refractivity contribution in [2.24, 2.45) is 0 Å². The summed E-state index contributed by atoms with van der Waals surface area (Å²) in [6.45, 7) is 1.20. The van der Waals surface area contributed by atoms with E-state index in [1.165, 1.54) is 10.5 Å². The molecule has 1 saturated heterocycles. The first-order valence-corrected chi connectivity index (χ1v) is 5.43. The molecule has 86 valence electrons. The van der Waals surface area contributed by atoms with Crippen LogP contribution in [-0.4, -0.2) is 34.3 Å². The molecule has 0 radical (unpaired) electrons. The van der Waals surface area contributed by atoms with Gasteiger partial charge in [-0.2, -0.15) is 0 Å². The second-order valence-corrected chi connectivity index (χ2v) is 4.14. The van der Waals surface area contributed by atoms with E-state index in [1.807, 2.05) is 12.1 Å². The first kappa shape index (κ1) is 10.8. The highest BCUT2D eigenvalue weighted by Gasteiger charge is 2.23. The average molecular weight is 221 g/mol. The zero-order valence-corrected chi connectivity index (χ0v) is 8.97. The van der Waals surface area contributed by atoms with E-state index < -0.39 is 6.09 Å². The molecule has 2 N–H and O–H groups in total. The zero-order chi connectivity index (χ0) is 11.5. The number of hydrogen-bond donors (Lipinski definition) is 2. The van der Waals surface area contributed by atoms with E-state index in [1.54, 1.807) is 12.1 Å². The largest absolute Gasteiger partial charge is 0.508 e. The molecule has 2 rings (SSSR count). The van der Waals surface area contributed by atoms with Gasteiger partial charge in [-0.3, -0.25) is 0 Å². The van der Waals surface area contributed by atoms with Crippen LogP contribution < -0.4 is 0 Å². The molecule has 0 atom stereocenters. The van der Waals surface area contributed by atoms with E-state index in [2.05, 4.69) is 0 Å². The summed E-state index contributed by atoms with van der Waals surface area (Å²) in [5.74, 6) is 0.683. The summed E-state index contributed by atoms with van der Waals surface area (Å²) in [5, 5.41) is 18.0. The first-order valence-electron chi connectivity index (χ1n) is 5.43. The molecular weight excluding hydrogens is 206 g/mol. The Morgan fingerprint density at radius 3 is 2.25 bits per heavy atom. The third-order valence-electron chi connectivity index (χ3n) is 3.13. The molecule has 1 heterocycles. The van der Waals surface area contributed by atoms with Crippen LogP contribution in [-0.2, 0) is 0 Å². The molecule has 1 aliphatic heterocycles. The van der Waals surface area contributed by atoms with E-state index in [-0.39, 0.29) is 5.75 Å². The SMILES string of the molecule is O=C(O)N1CCC(c2ccc(O)cc2)CC1. The van der Waals surface area contributed by atoms with Crippen molar-refractivity contribution in [3.05, 3.63) is 29.8 Å². The van der Waals surface area contributed by atoms with E-state index >= 15 is 0 Å². The Kier molecular flexibility index (Phi) is 2.99. The summed E-state index contributed by atoms with van der Waals surface area (Å²) in [5.41, 5.74) is 1.18. The van der Waals surface area contributed by atoms with Crippen molar-refractivity contribution >= 4 is 6.09 Å². The van der Waals surface area contributed by atoms with Crippen molar-refractivity contribution in [3.8, 4) is 5.75 Å². The third kappa shape index (κ3) is 2.27. The van der Waals surface area contributed by atoms with Gasteiger partial charge in [0.05, 0.1) is 0 Å². The Balaban J connectivity index is 1.99. The van der Waals surface area contributed by atoms with Crippen LogP contribution in [0.25, 0.3) is 0 Å². The Bertz CT molecular complexity index is 366. The van der Waals surface area contributed by atoms with Crippen LogP contribution in [0.4, 0.5) is 4.79 Å². The van der Waals surface area contributed by atoms with Gasteiger partial charge in [0.2, 0.25) is 0 Å². The third-order valence-corrected chi connectivity index (χ3v) is 3.13. The van der Waals surface area contributed by atoms with Crippen LogP contribution in [0.2, 0.25) is 0 Å². The maximum absolute atomic E-state index is 10.7. The van der Waals surface area contributed by atoms with Crippen molar-refractivity contribution in [1.82, 2.24) is 4.90 Å². The second-order valence-electron chi connectivity index (χ2n) is 4.14. The van der Waals surface area contributed by atoms with Crippen LogP contribution in [0.15, 0.2) is 24.3 Å². The lowest BCUT2D eigenvalue weighted by Gasteiger charge is -2.30. The van der Waals surface area contributed by atoms with Gasteiger partial charge in [-0.1, -0.05) is 12.1 Å². The Morgan fingerprint density at radius 2 is 1.75 bits per heavy atom. The fraction of sp³-hybridized carbons (Fsp3) is 0.417. The topological polar surface area (TPSA) is 60.8 Å². The van der Waals surface area contributed by atoms with Gasteiger partial charge in [0.15, 0.2) is 0 Å². The molecule has 1 aromatic rings. The predicted octanol–water partition coefficient (Wildman–Crippen LogP) is 2.25. The summed E-state index contributed by atoms with van der Waals surface area (Å²) >= 11 is 0. The Labute approximate surface area is 94.1 Å². The second kappa shape index (κ2) is 4.43. The van der Waals surface area contributed by atoms with Gasteiger partial charge < -0.3 is 15.1 Å². The quantitative estimate of drug-likeness (QED) is 0.764. The molecule has 0 aliphatic carbocycles. The Morgan fingerprint density at radius 1 is 1.19 bits per heavy atom. The van der Waals surface area contributed by atoms with Crippen LogP contribution in [0.1, 0.15) is 24.3 Å². The number of nitrogens with zero attached hydrogens (tertiary/aromatic N) is 1. The van der Waals surface area contributed by atoms with E-state index in [0.717, 1.165) is 12.8 Å². The van der Waals surface area contributed by atoms with Crippen molar-refractivity contribution in [2.45, 2.75) is 18.8 Å². The number of piperidine rings is 1. The number of amides is 1. The molecule has 1 aromatic carbocycles. The van der Waals surface area contributed by atoms with Gasteiger partial charge in [0, 0.05) is 13.1 Å². The molecule has 0 aromatic heterocycles. The van der Waals surface area contributed by atoms with Gasteiger partial charge in [-0.05, 0) is 36.5 Å². The molecule has 4 nitrogen and oxygen atoms in total. The zero-order valence-electron chi connectivity index (χ0n) is 8.97. The molecule has 0 spiro atoms. The highest BCUT2D eigenvalue weighted by atomic mass is 16.4. The standard InChI is InChI=1S/C12H15NO3/c14-11-3-1-9(2-4-11)10-5-7-13(8-6-10)12(15)16/h1-4,10,14H,5-8H2,(H,15,16). The number of carbonyl (C=O) groups is 1. The van der Waals surface area contributed by atoms with Gasteiger partial charge >= 0.3 is 6.09 Å². The maximum atomic E-state index is 10.7. The van der Waals surface area contributed by atoms with E-state index in [9.17, 15) is 9.90 Å². The molecule has 0 bridgehead atoms. The van der Waals surface area contributed by atoms with Crippen LogP contribution in [0, 0.1) is 0 Å². The van der Waals surface area contributed by atoms with Gasteiger partial charge in [0.25, 0.3) is 0 Å². The number of rotatable bonds is 1. The lowest BCUT2D eigenvalue weighted by atomic mass is 9.89. The first-order chi connectivity index (χ1) is 7.66. The molecule has 0 unspecified atom stereocenters. The predicted molar refractivity (Wildman–Crippen MR) is 59.7 cm³/mol. The molecule has 16 heavy (non-hydrogen) atoms. The minimum Gasteiger partial charge on any atom is -0.508 e. The lowest BCUT2D eigenvalue weighted by Crippen LogP contribution is -2.36. The lowest BCUT2D eigenvalue weighted by molar-refractivity contribution is 0.132. The van der Waals surface area contributed by atoms with Crippen LogP contribution in [0.3, 0.4) is 0 Å². The summed E-state index contributed by atoms with van der Waals surface area (Å²) in [6.07, 6.45) is 0.887.